The first-order chi connectivity index (χ1) is 13.6. The van der Waals surface area contributed by atoms with Crippen LogP contribution in [0, 0.1) is 0 Å². The number of halogens is 3. The van der Waals surface area contributed by atoms with Gasteiger partial charge in [0.1, 0.15) is 6.04 Å². The molecule has 0 amide bonds. The monoisotopic (exact) mass is 433 g/mol. The van der Waals surface area contributed by atoms with Crippen LogP contribution in [0.2, 0.25) is 0 Å². The first-order valence-corrected chi connectivity index (χ1v) is 11.4. The zero-order chi connectivity index (χ0) is 20.8. The van der Waals surface area contributed by atoms with Gasteiger partial charge in [0.25, 0.3) is 0 Å². The topological polar surface area (TPSA) is 76.7 Å². The maximum absolute atomic E-state index is 12.9. The lowest BCUT2D eigenvalue weighted by molar-refractivity contribution is -0.153. The van der Waals surface area contributed by atoms with E-state index in [9.17, 15) is 21.6 Å². The molecule has 2 saturated heterocycles. The van der Waals surface area contributed by atoms with Crippen molar-refractivity contribution in [2.75, 3.05) is 36.3 Å². The molecule has 4 rings (SSSR count). The third-order valence-corrected chi connectivity index (χ3v) is 7.96. The number of benzene rings is 1. The van der Waals surface area contributed by atoms with E-state index in [-0.39, 0.29) is 6.42 Å². The summed E-state index contributed by atoms with van der Waals surface area (Å²) < 4.78 is 67.2. The Hall–Kier alpha value is -1.56. The molecule has 3 aliphatic rings. The number of alkyl halides is 3. The predicted octanol–water partition coefficient (Wildman–Crippen LogP) is 1.64. The Morgan fingerprint density at radius 3 is 2.52 bits per heavy atom. The molecule has 0 spiro atoms. The zero-order valence-corrected chi connectivity index (χ0v) is 17.0. The van der Waals surface area contributed by atoms with Gasteiger partial charge in [0.2, 0.25) is 10.0 Å². The first-order valence-electron chi connectivity index (χ1n) is 9.81. The number of fused-ring (bicyclic) bond motifs is 1. The molecule has 0 bridgehead atoms. The molecule has 3 heterocycles. The van der Waals surface area contributed by atoms with Crippen LogP contribution in [0.4, 0.5) is 24.5 Å². The summed E-state index contributed by atoms with van der Waals surface area (Å²) in [6.45, 7) is 1.72. The molecule has 2 atom stereocenters. The molecule has 3 N–H and O–H groups in total. The number of hydrazine groups is 1. The number of anilines is 2. The number of hydrogen-bond acceptors (Lipinski definition) is 6. The van der Waals surface area contributed by atoms with E-state index in [0.29, 0.717) is 31.6 Å². The second-order valence-electron chi connectivity index (χ2n) is 8.00. The smallest absolute Gasteiger partial charge is 0.372 e. The molecule has 1 aromatic rings. The van der Waals surface area contributed by atoms with Crippen molar-refractivity contribution < 1.29 is 21.6 Å². The molecule has 0 aromatic heterocycles. The molecule has 0 radical (unpaired) electrons. The molecule has 0 saturated carbocycles. The van der Waals surface area contributed by atoms with E-state index in [1.807, 2.05) is 29.0 Å². The van der Waals surface area contributed by atoms with Crippen molar-refractivity contribution >= 4 is 21.4 Å². The number of likely N-dealkylation sites (tertiary alicyclic amines) is 1. The summed E-state index contributed by atoms with van der Waals surface area (Å²) in [7, 11) is -1.64. The van der Waals surface area contributed by atoms with Gasteiger partial charge in [0.15, 0.2) is 0 Å². The lowest BCUT2D eigenvalue weighted by Gasteiger charge is -2.35. The maximum Gasteiger partial charge on any atom is 0.405 e. The second-order valence-corrected chi connectivity index (χ2v) is 9.96. The Kier molecular flexibility index (Phi) is 5.43. The summed E-state index contributed by atoms with van der Waals surface area (Å²) in [6, 6.07) is 4.06. The Morgan fingerprint density at radius 2 is 1.86 bits per heavy atom. The number of rotatable bonds is 4. The largest absolute Gasteiger partial charge is 0.405 e. The normalized spacial score (nSPS) is 26.7. The van der Waals surface area contributed by atoms with Gasteiger partial charge in [-0.05, 0) is 30.9 Å². The number of sulfonamides is 1. The van der Waals surface area contributed by atoms with Gasteiger partial charge in [-0.2, -0.15) is 13.2 Å². The number of hydrogen-bond donors (Lipinski definition) is 3. The van der Waals surface area contributed by atoms with Crippen molar-refractivity contribution in [1.29, 1.82) is 0 Å². The number of likely N-dealkylation sites (N-methyl/N-ethyl adjacent to an activating group) is 1. The van der Waals surface area contributed by atoms with Gasteiger partial charge in [-0.15, -0.1) is 0 Å². The number of nitrogens with zero attached hydrogens (tertiary/aromatic N) is 2. The number of para-hydroxylation sites is 1. The summed E-state index contributed by atoms with van der Waals surface area (Å²) in [4.78, 5) is 3.93. The van der Waals surface area contributed by atoms with E-state index in [0.717, 1.165) is 24.2 Å². The van der Waals surface area contributed by atoms with Gasteiger partial charge in [-0.25, -0.2) is 19.3 Å². The van der Waals surface area contributed by atoms with Crippen molar-refractivity contribution in [3.8, 4) is 0 Å². The maximum atomic E-state index is 12.9. The average Bonchev–Trinajstić information content (AvgIpc) is 3.30. The van der Waals surface area contributed by atoms with Crippen LogP contribution in [-0.4, -0.2) is 63.6 Å². The van der Waals surface area contributed by atoms with Crippen LogP contribution in [-0.2, 0) is 16.4 Å². The third-order valence-electron chi connectivity index (χ3n) is 6.10. The number of nitrogens with one attached hydrogen (secondary N) is 3. The van der Waals surface area contributed by atoms with E-state index in [1.165, 1.54) is 0 Å². The third kappa shape index (κ3) is 4.18. The lowest BCUT2D eigenvalue weighted by Crippen LogP contribution is -2.50. The zero-order valence-electron chi connectivity index (χ0n) is 16.2. The highest BCUT2D eigenvalue weighted by Gasteiger charge is 2.46. The number of piperidine rings is 1. The predicted molar refractivity (Wildman–Crippen MR) is 105 cm³/mol. The van der Waals surface area contributed by atoms with Gasteiger partial charge in [0, 0.05) is 33.1 Å². The van der Waals surface area contributed by atoms with E-state index in [2.05, 4.69) is 15.6 Å². The fourth-order valence-electron chi connectivity index (χ4n) is 4.45. The van der Waals surface area contributed by atoms with Crippen LogP contribution >= 0.6 is 0 Å². The molecule has 162 valence electrons. The summed E-state index contributed by atoms with van der Waals surface area (Å²) in [5, 5.41) is -0.561. The quantitative estimate of drug-likeness (QED) is 0.670. The summed E-state index contributed by atoms with van der Waals surface area (Å²) in [5.74, 6) is 0. The molecular formula is C18H26F3N5O2S. The van der Waals surface area contributed by atoms with Crippen LogP contribution in [0.5, 0.6) is 0 Å². The highest BCUT2D eigenvalue weighted by atomic mass is 32.2. The standard InChI is InChI=1S/C18H26F3N5O2S/c1-25-8-5-12-3-2-4-14(17(12)25)24-29(27,28)13-6-9-26(10-7-13)16-11-15(22-23-16)18(19,20)21/h2-4,13,15-16,22-24H,5-11H2,1H3. The Labute approximate surface area is 168 Å². The Bertz CT molecular complexity index is 856. The van der Waals surface area contributed by atoms with Gasteiger partial charge in [-0.1, -0.05) is 12.1 Å². The second kappa shape index (κ2) is 7.60. The molecule has 7 nitrogen and oxygen atoms in total. The van der Waals surface area contributed by atoms with Crippen molar-refractivity contribution in [3.05, 3.63) is 23.8 Å². The van der Waals surface area contributed by atoms with Crippen molar-refractivity contribution in [1.82, 2.24) is 15.8 Å². The minimum atomic E-state index is -4.30. The van der Waals surface area contributed by atoms with Crippen LogP contribution < -0.4 is 20.5 Å². The molecule has 11 heteroatoms. The molecule has 0 aliphatic carbocycles. The lowest BCUT2D eigenvalue weighted by atomic mass is 10.1. The molecule has 29 heavy (non-hydrogen) atoms. The fraction of sp³-hybridized carbons (Fsp3) is 0.667. The van der Waals surface area contributed by atoms with Crippen molar-refractivity contribution in [2.24, 2.45) is 0 Å². The molecule has 3 aliphatic heterocycles. The summed E-state index contributed by atoms with van der Waals surface area (Å²) >= 11 is 0. The van der Waals surface area contributed by atoms with E-state index < -0.39 is 33.7 Å². The Morgan fingerprint density at radius 1 is 1.14 bits per heavy atom. The molecule has 2 fully saturated rings. The van der Waals surface area contributed by atoms with Crippen LogP contribution in [0.3, 0.4) is 0 Å². The molecule has 1 aromatic carbocycles. The fourth-order valence-corrected chi connectivity index (χ4v) is 5.92. The van der Waals surface area contributed by atoms with Crippen LogP contribution in [0.25, 0.3) is 0 Å². The van der Waals surface area contributed by atoms with E-state index in [1.54, 1.807) is 6.07 Å². The minimum absolute atomic E-state index is 0.0817. The highest BCUT2D eigenvalue weighted by Crippen LogP contribution is 2.36. The van der Waals surface area contributed by atoms with Crippen LogP contribution in [0.15, 0.2) is 18.2 Å². The summed E-state index contributed by atoms with van der Waals surface area (Å²) in [6.07, 6.45) is -3.16. The van der Waals surface area contributed by atoms with Gasteiger partial charge < -0.3 is 4.90 Å². The summed E-state index contributed by atoms with van der Waals surface area (Å²) in [5.41, 5.74) is 7.64. The van der Waals surface area contributed by atoms with Gasteiger partial charge in [0.05, 0.1) is 22.8 Å². The SMILES string of the molecule is CN1CCc2cccc(NS(=O)(=O)C3CCN(C4CC(C(F)(F)F)NN4)CC3)c21. The highest BCUT2D eigenvalue weighted by molar-refractivity contribution is 7.93. The average molecular weight is 434 g/mol. The van der Waals surface area contributed by atoms with Crippen LogP contribution in [0.1, 0.15) is 24.8 Å². The molecule has 2 unspecified atom stereocenters. The van der Waals surface area contributed by atoms with E-state index in [4.69, 9.17) is 0 Å². The minimum Gasteiger partial charge on any atom is -0.372 e. The Balaban J connectivity index is 1.37. The van der Waals surface area contributed by atoms with Gasteiger partial charge in [-0.3, -0.25) is 9.62 Å². The van der Waals surface area contributed by atoms with Gasteiger partial charge >= 0.3 is 6.18 Å². The van der Waals surface area contributed by atoms with Crippen molar-refractivity contribution in [3.63, 3.8) is 0 Å². The van der Waals surface area contributed by atoms with Crippen molar-refractivity contribution in [2.45, 2.75) is 49.3 Å². The van der Waals surface area contributed by atoms with E-state index >= 15 is 0 Å². The molecular weight excluding hydrogens is 407 g/mol. The first kappa shape index (κ1) is 20.7.